The largest absolute Gasteiger partial charge is 0.465 e. The molecule has 1 aliphatic rings. The summed E-state index contributed by atoms with van der Waals surface area (Å²) >= 11 is 3.39. The van der Waals surface area contributed by atoms with Crippen molar-refractivity contribution in [3.63, 3.8) is 0 Å². The Morgan fingerprint density at radius 2 is 2.19 bits per heavy atom. The summed E-state index contributed by atoms with van der Waals surface area (Å²) in [6.07, 6.45) is 3.70. The van der Waals surface area contributed by atoms with Gasteiger partial charge in [-0.3, -0.25) is 0 Å². The van der Waals surface area contributed by atoms with Crippen LogP contribution in [0.25, 0.3) is 0 Å². The van der Waals surface area contributed by atoms with Crippen LogP contribution in [0.1, 0.15) is 29.6 Å². The fourth-order valence-electron chi connectivity index (χ4n) is 1.70. The number of nitrogens with one attached hydrogen (secondary N) is 1. The van der Waals surface area contributed by atoms with Gasteiger partial charge in [0.05, 0.1) is 12.7 Å². The van der Waals surface area contributed by atoms with Crippen molar-refractivity contribution in [3.05, 3.63) is 28.2 Å². The van der Waals surface area contributed by atoms with Crippen molar-refractivity contribution >= 4 is 27.6 Å². The van der Waals surface area contributed by atoms with Gasteiger partial charge in [-0.2, -0.15) is 0 Å². The van der Waals surface area contributed by atoms with Gasteiger partial charge in [0.15, 0.2) is 0 Å². The third-order valence-corrected chi connectivity index (χ3v) is 3.25. The average Bonchev–Trinajstić information content (AvgIpc) is 2.21. The first-order chi connectivity index (χ1) is 7.69. The molecule has 0 aliphatic heterocycles. The normalized spacial score (nSPS) is 15.4. The number of hydrogen-bond acceptors (Lipinski definition) is 3. The molecule has 0 aromatic heterocycles. The minimum Gasteiger partial charge on any atom is -0.465 e. The zero-order valence-electron chi connectivity index (χ0n) is 9.13. The van der Waals surface area contributed by atoms with Crippen LogP contribution < -0.4 is 5.32 Å². The number of ether oxygens (including phenoxy) is 1. The van der Waals surface area contributed by atoms with Gasteiger partial charge >= 0.3 is 5.97 Å². The lowest BCUT2D eigenvalue weighted by molar-refractivity contribution is 0.0600. The van der Waals surface area contributed by atoms with E-state index in [2.05, 4.69) is 21.2 Å². The molecule has 0 radical (unpaired) electrons. The molecular formula is C12H14BrNO2. The third-order valence-electron chi connectivity index (χ3n) is 2.79. The number of esters is 1. The lowest BCUT2D eigenvalue weighted by atomic mass is 9.93. The van der Waals surface area contributed by atoms with Gasteiger partial charge in [-0.1, -0.05) is 15.9 Å². The first-order valence-electron chi connectivity index (χ1n) is 5.34. The van der Waals surface area contributed by atoms with Crippen molar-refractivity contribution in [1.82, 2.24) is 0 Å². The van der Waals surface area contributed by atoms with Crippen molar-refractivity contribution < 1.29 is 9.53 Å². The fraction of sp³-hybridized carbons (Fsp3) is 0.417. The summed E-state index contributed by atoms with van der Waals surface area (Å²) in [5, 5.41) is 3.40. The van der Waals surface area contributed by atoms with Gasteiger partial charge in [0.25, 0.3) is 0 Å². The predicted molar refractivity (Wildman–Crippen MR) is 66.7 cm³/mol. The van der Waals surface area contributed by atoms with Gasteiger partial charge < -0.3 is 10.1 Å². The minimum absolute atomic E-state index is 0.307. The summed E-state index contributed by atoms with van der Waals surface area (Å²) in [7, 11) is 1.39. The molecule has 0 atom stereocenters. The minimum atomic E-state index is -0.307. The molecule has 0 unspecified atom stereocenters. The first-order valence-corrected chi connectivity index (χ1v) is 6.14. The second-order valence-corrected chi connectivity index (χ2v) is 4.91. The number of methoxy groups -OCH3 is 1. The molecule has 0 spiro atoms. The Morgan fingerprint density at radius 3 is 2.75 bits per heavy atom. The van der Waals surface area contributed by atoms with Crippen LogP contribution in [0.2, 0.25) is 0 Å². The number of halogens is 1. The topological polar surface area (TPSA) is 38.3 Å². The monoisotopic (exact) mass is 283 g/mol. The maximum atomic E-state index is 11.4. The lowest BCUT2D eigenvalue weighted by Gasteiger charge is -2.27. The van der Waals surface area contributed by atoms with E-state index in [0.717, 1.165) is 10.2 Å². The van der Waals surface area contributed by atoms with E-state index in [-0.39, 0.29) is 5.97 Å². The van der Waals surface area contributed by atoms with Crippen LogP contribution in [0.3, 0.4) is 0 Å². The molecule has 16 heavy (non-hydrogen) atoms. The second-order valence-electron chi connectivity index (χ2n) is 3.99. The highest BCUT2D eigenvalue weighted by Crippen LogP contribution is 2.26. The lowest BCUT2D eigenvalue weighted by Crippen LogP contribution is -2.27. The zero-order chi connectivity index (χ0) is 11.5. The maximum Gasteiger partial charge on any atom is 0.337 e. The Morgan fingerprint density at radius 1 is 1.44 bits per heavy atom. The SMILES string of the molecule is COC(=O)c1cc(Br)cc(NC2CCC2)c1. The van der Waals surface area contributed by atoms with Crippen molar-refractivity contribution in [1.29, 1.82) is 0 Å². The standard InChI is InChI=1S/C12H14BrNO2/c1-16-12(15)8-5-9(13)7-11(6-8)14-10-3-2-4-10/h5-7,10,14H,2-4H2,1H3. The van der Waals surface area contributed by atoms with Crippen LogP contribution in [0.15, 0.2) is 22.7 Å². The molecule has 0 amide bonds. The van der Waals surface area contributed by atoms with Gasteiger partial charge in [-0.15, -0.1) is 0 Å². The zero-order valence-corrected chi connectivity index (χ0v) is 10.7. The van der Waals surface area contributed by atoms with Gasteiger partial charge in [0.1, 0.15) is 0 Å². The van der Waals surface area contributed by atoms with E-state index in [1.165, 1.54) is 26.4 Å². The van der Waals surface area contributed by atoms with E-state index < -0.39 is 0 Å². The van der Waals surface area contributed by atoms with Gasteiger partial charge in [-0.25, -0.2) is 4.79 Å². The Kier molecular flexibility index (Phi) is 3.49. The van der Waals surface area contributed by atoms with Crippen LogP contribution in [-0.2, 0) is 4.74 Å². The van der Waals surface area contributed by atoms with Crippen molar-refractivity contribution in [2.75, 3.05) is 12.4 Å². The van der Waals surface area contributed by atoms with Crippen LogP contribution in [0.5, 0.6) is 0 Å². The van der Waals surface area contributed by atoms with Gasteiger partial charge in [-0.05, 0) is 37.5 Å². The van der Waals surface area contributed by atoms with E-state index in [4.69, 9.17) is 4.74 Å². The van der Waals surface area contributed by atoms with Crippen molar-refractivity contribution in [2.24, 2.45) is 0 Å². The molecule has 0 heterocycles. The molecule has 2 rings (SSSR count). The Hall–Kier alpha value is -1.03. The Balaban J connectivity index is 2.17. The van der Waals surface area contributed by atoms with Gasteiger partial charge in [0, 0.05) is 16.2 Å². The summed E-state index contributed by atoms with van der Waals surface area (Å²) in [6, 6.07) is 6.12. The maximum absolute atomic E-state index is 11.4. The van der Waals surface area contributed by atoms with E-state index in [1.54, 1.807) is 6.07 Å². The average molecular weight is 284 g/mol. The van der Waals surface area contributed by atoms with E-state index in [9.17, 15) is 4.79 Å². The summed E-state index contributed by atoms with van der Waals surface area (Å²) < 4.78 is 5.59. The number of carbonyl (C=O) groups is 1. The molecule has 1 aliphatic carbocycles. The molecule has 1 N–H and O–H groups in total. The third kappa shape index (κ3) is 2.55. The quantitative estimate of drug-likeness (QED) is 0.866. The van der Waals surface area contributed by atoms with Crippen LogP contribution in [0, 0.1) is 0 Å². The Labute approximate surface area is 103 Å². The van der Waals surface area contributed by atoms with Crippen LogP contribution >= 0.6 is 15.9 Å². The summed E-state index contributed by atoms with van der Waals surface area (Å²) in [4.78, 5) is 11.4. The summed E-state index contributed by atoms with van der Waals surface area (Å²) in [5.74, 6) is -0.307. The van der Waals surface area contributed by atoms with E-state index >= 15 is 0 Å². The molecule has 4 heteroatoms. The molecule has 0 saturated heterocycles. The number of carbonyl (C=O) groups excluding carboxylic acids is 1. The van der Waals surface area contributed by atoms with Crippen LogP contribution in [-0.4, -0.2) is 19.1 Å². The molecule has 1 aromatic rings. The highest BCUT2D eigenvalue weighted by atomic mass is 79.9. The smallest absolute Gasteiger partial charge is 0.337 e. The molecular weight excluding hydrogens is 270 g/mol. The Bertz CT molecular complexity index is 402. The number of rotatable bonds is 3. The molecule has 1 fully saturated rings. The molecule has 86 valence electrons. The fourth-order valence-corrected chi connectivity index (χ4v) is 2.19. The predicted octanol–water partition coefficient (Wildman–Crippen LogP) is 3.20. The highest BCUT2D eigenvalue weighted by molar-refractivity contribution is 9.10. The number of anilines is 1. The van der Waals surface area contributed by atoms with E-state index in [1.807, 2.05) is 12.1 Å². The van der Waals surface area contributed by atoms with Crippen molar-refractivity contribution in [2.45, 2.75) is 25.3 Å². The van der Waals surface area contributed by atoms with Gasteiger partial charge in [0.2, 0.25) is 0 Å². The highest BCUT2D eigenvalue weighted by Gasteiger charge is 2.17. The molecule has 1 aromatic carbocycles. The molecule has 1 saturated carbocycles. The van der Waals surface area contributed by atoms with Crippen molar-refractivity contribution in [3.8, 4) is 0 Å². The first kappa shape index (κ1) is 11.5. The molecule has 3 nitrogen and oxygen atoms in total. The number of benzene rings is 1. The molecule has 0 bridgehead atoms. The second kappa shape index (κ2) is 4.87. The summed E-state index contributed by atoms with van der Waals surface area (Å²) in [6.45, 7) is 0. The number of hydrogen-bond donors (Lipinski definition) is 1. The van der Waals surface area contributed by atoms with Crippen LogP contribution in [0.4, 0.5) is 5.69 Å². The van der Waals surface area contributed by atoms with E-state index in [0.29, 0.717) is 11.6 Å². The summed E-state index contributed by atoms with van der Waals surface area (Å²) in [5.41, 5.74) is 1.54.